The van der Waals surface area contributed by atoms with Crippen molar-refractivity contribution in [2.75, 3.05) is 65.0 Å². The number of ether oxygens (including phenoxy) is 3. The Hall–Kier alpha value is -4.68. The first kappa shape index (κ1) is 51.3. The lowest BCUT2D eigenvalue weighted by molar-refractivity contribution is -0.139. The molecule has 2 saturated heterocycles. The second-order valence-corrected chi connectivity index (χ2v) is 18.1. The van der Waals surface area contributed by atoms with Crippen molar-refractivity contribution in [1.29, 1.82) is 0 Å². The van der Waals surface area contributed by atoms with Gasteiger partial charge in [-0.2, -0.15) is 11.8 Å². The zero-order chi connectivity index (χ0) is 46.6. The van der Waals surface area contributed by atoms with Gasteiger partial charge in [-0.15, -0.1) is 0 Å². The molecular formula is C47H65ClN6O10S. The molecule has 2 aliphatic heterocycles. The number of fused-ring (bicyclic) bond motifs is 2. The molecule has 5 amide bonds. The zero-order valence-corrected chi connectivity index (χ0v) is 39.1. The monoisotopic (exact) mass is 940 g/mol. The summed E-state index contributed by atoms with van der Waals surface area (Å²) in [4.78, 5) is 75.6. The number of urea groups is 1. The second kappa shape index (κ2) is 27.1. The fourth-order valence-corrected chi connectivity index (χ4v) is 9.84. The number of aliphatic carboxylic acids is 1. The minimum atomic E-state index is -1.09. The number of rotatable bonds is 30. The Morgan fingerprint density at radius 1 is 0.815 bits per heavy atom. The van der Waals surface area contributed by atoms with Crippen LogP contribution in [0.2, 0.25) is 5.02 Å². The highest BCUT2D eigenvalue weighted by Gasteiger charge is 2.42. The van der Waals surface area contributed by atoms with E-state index in [-0.39, 0.29) is 73.8 Å². The van der Waals surface area contributed by atoms with Gasteiger partial charge in [0.2, 0.25) is 17.7 Å². The first-order valence-corrected chi connectivity index (χ1v) is 24.3. The van der Waals surface area contributed by atoms with Crippen LogP contribution in [0.15, 0.2) is 47.3 Å². The summed E-state index contributed by atoms with van der Waals surface area (Å²) in [6.07, 6.45) is 5.38. The summed E-state index contributed by atoms with van der Waals surface area (Å²) < 4.78 is 18.2. The molecule has 0 aliphatic carbocycles. The van der Waals surface area contributed by atoms with Crippen LogP contribution < -0.4 is 32.1 Å². The fourth-order valence-electron chi connectivity index (χ4n) is 8.13. The maximum Gasteiger partial charge on any atom is 0.315 e. The van der Waals surface area contributed by atoms with Crippen molar-refractivity contribution in [3.8, 4) is 11.1 Å². The molecule has 3 heterocycles. The third kappa shape index (κ3) is 16.0. The summed E-state index contributed by atoms with van der Waals surface area (Å²) in [5.41, 5.74) is 2.60. The van der Waals surface area contributed by atoms with Crippen LogP contribution in [0, 0.1) is 6.92 Å². The topological polar surface area (TPSA) is 215 Å². The van der Waals surface area contributed by atoms with Crippen molar-refractivity contribution in [3.63, 3.8) is 0 Å². The molecule has 2 aromatic carbocycles. The number of nitrogens with zero attached hydrogens (tertiary/aromatic N) is 1. The van der Waals surface area contributed by atoms with E-state index in [4.69, 9.17) is 25.8 Å². The quantitative estimate of drug-likeness (QED) is 0.0374. The highest BCUT2D eigenvalue weighted by Crippen LogP contribution is 2.37. The third-order valence-electron chi connectivity index (χ3n) is 11.5. The highest BCUT2D eigenvalue weighted by atomic mass is 35.5. The Labute approximate surface area is 390 Å². The van der Waals surface area contributed by atoms with Crippen LogP contribution in [-0.4, -0.2) is 122 Å². The Kier molecular flexibility index (Phi) is 21.4. The number of hydrogen-bond acceptors (Lipinski definition) is 10. The van der Waals surface area contributed by atoms with Gasteiger partial charge in [-0.1, -0.05) is 61.2 Å². The number of nitrogens with one attached hydrogen (secondary N) is 5. The number of hydrogen-bond donors (Lipinski definition) is 6. The van der Waals surface area contributed by atoms with Crippen molar-refractivity contribution in [2.45, 2.75) is 108 Å². The number of carbonyl (C=O) groups excluding carboxylic acids is 4. The summed E-state index contributed by atoms with van der Waals surface area (Å²) in [6, 6.07) is 13.1. The summed E-state index contributed by atoms with van der Waals surface area (Å²) in [7, 11) is 0. The molecule has 1 unspecified atom stereocenters. The van der Waals surface area contributed by atoms with Gasteiger partial charge in [-0.05, 0) is 62.8 Å². The molecule has 0 bridgehead atoms. The highest BCUT2D eigenvalue weighted by molar-refractivity contribution is 8.00. The van der Waals surface area contributed by atoms with Gasteiger partial charge in [0.1, 0.15) is 0 Å². The lowest BCUT2D eigenvalue weighted by Crippen LogP contribution is -2.36. The van der Waals surface area contributed by atoms with E-state index in [1.807, 2.05) is 49.9 Å². The molecule has 3 aromatic rings. The van der Waals surface area contributed by atoms with Gasteiger partial charge in [0, 0.05) is 91.2 Å². The molecule has 65 heavy (non-hydrogen) atoms. The van der Waals surface area contributed by atoms with Gasteiger partial charge >= 0.3 is 12.0 Å². The van der Waals surface area contributed by atoms with Crippen LogP contribution in [0.5, 0.6) is 0 Å². The Morgan fingerprint density at radius 3 is 2.06 bits per heavy atom. The van der Waals surface area contributed by atoms with Crippen molar-refractivity contribution in [3.05, 3.63) is 69.0 Å². The minimum Gasteiger partial charge on any atom is -0.481 e. The Morgan fingerprint density at radius 2 is 1.43 bits per heavy atom. The zero-order valence-electron chi connectivity index (χ0n) is 37.6. The van der Waals surface area contributed by atoms with Gasteiger partial charge in [0.25, 0.3) is 5.56 Å². The molecule has 18 heteroatoms. The lowest BCUT2D eigenvalue weighted by Gasteiger charge is -2.22. The number of aryl methyl sites for hydroxylation is 1. The van der Waals surface area contributed by atoms with E-state index < -0.39 is 17.4 Å². The number of unbranched alkanes of at least 4 members (excludes halogenated alkanes) is 1. The third-order valence-corrected chi connectivity index (χ3v) is 13.2. The fraction of sp³-hybridized carbons (Fsp3) is 0.574. The number of thioether (sulfide) groups is 1. The molecule has 2 fully saturated rings. The van der Waals surface area contributed by atoms with Crippen molar-refractivity contribution in [2.24, 2.45) is 0 Å². The number of carboxylic acids is 1. The van der Waals surface area contributed by atoms with Gasteiger partial charge in [0.05, 0.1) is 49.9 Å². The first-order chi connectivity index (χ1) is 31.5. The molecule has 1 aromatic heterocycles. The van der Waals surface area contributed by atoms with Crippen molar-refractivity contribution >= 4 is 64.0 Å². The van der Waals surface area contributed by atoms with Gasteiger partial charge in [-0.3, -0.25) is 24.0 Å². The first-order valence-electron chi connectivity index (χ1n) is 22.8. The normalized spacial score (nSPS) is 17.0. The average Bonchev–Trinajstić information content (AvgIpc) is 3.84. The van der Waals surface area contributed by atoms with Crippen LogP contribution in [0.3, 0.4) is 0 Å². The van der Waals surface area contributed by atoms with E-state index in [0.717, 1.165) is 42.6 Å². The molecule has 356 valence electrons. The van der Waals surface area contributed by atoms with Gasteiger partial charge in [-0.25, -0.2) is 4.79 Å². The van der Waals surface area contributed by atoms with Crippen LogP contribution in [0.4, 0.5) is 4.79 Å². The van der Waals surface area contributed by atoms with E-state index in [2.05, 4.69) is 26.6 Å². The number of aromatic nitrogens is 1. The summed E-state index contributed by atoms with van der Waals surface area (Å²) in [6.45, 7) is 7.61. The number of halogens is 1. The molecule has 0 spiro atoms. The van der Waals surface area contributed by atoms with Crippen molar-refractivity contribution in [1.82, 2.24) is 31.2 Å². The molecule has 5 rings (SSSR count). The second-order valence-electron chi connectivity index (χ2n) is 16.4. The predicted molar refractivity (Wildman–Crippen MR) is 253 cm³/mol. The molecular weight excluding hydrogens is 876 g/mol. The van der Waals surface area contributed by atoms with Crippen LogP contribution in [0.25, 0.3) is 22.0 Å². The van der Waals surface area contributed by atoms with Crippen LogP contribution in [0.1, 0.15) is 88.2 Å². The number of carboxylic acid groups (broad SMARTS) is 1. The number of pyridine rings is 1. The van der Waals surface area contributed by atoms with E-state index in [1.54, 1.807) is 18.2 Å². The number of amides is 5. The standard InChI is InChI=1S/C47H65ClN6O10S/c1-3-8-34(46(59)60)43-42(32-13-11-31(2)12-14-32)35-29-33(48)15-16-37(35)54(45(43)58)22-21-51-41(57)18-17-40(56)50-20-7-24-63-26-28-64-27-25-62-23-6-19-49-39(55)10-5-4-9-38-44-36(30-65-38)52-47(61)53-44/h11-16,29,34,36,38,44H,3-10,17-28,30H2,1-2H3,(H,49,55)(H,50,56)(H,51,57)(H,59,60)(H2,52,53,61)/t34-,36+,38?,44+/m0/s1. The molecule has 6 N–H and O–H groups in total. The van der Waals surface area contributed by atoms with E-state index >= 15 is 0 Å². The Bertz CT molecular complexity index is 2120. The molecule has 2 aliphatic rings. The Balaban J connectivity index is 0.884. The molecule has 4 atom stereocenters. The van der Waals surface area contributed by atoms with Gasteiger partial charge in [0.15, 0.2) is 0 Å². The smallest absolute Gasteiger partial charge is 0.315 e. The average molecular weight is 942 g/mol. The summed E-state index contributed by atoms with van der Waals surface area (Å²) in [5.74, 6) is -1.75. The van der Waals surface area contributed by atoms with E-state index in [1.165, 1.54) is 4.57 Å². The lowest BCUT2D eigenvalue weighted by atomic mass is 9.86. The largest absolute Gasteiger partial charge is 0.481 e. The predicted octanol–water partition coefficient (Wildman–Crippen LogP) is 5.28. The molecule has 0 saturated carbocycles. The van der Waals surface area contributed by atoms with Gasteiger partial charge < -0.3 is 50.5 Å². The van der Waals surface area contributed by atoms with Crippen LogP contribution in [-0.2, 0) is 39.9 Å². The maximum atomic E-state index is 14.3. The number of carbonyl (C=O) groups is 5. The molecule has 16 nitrogen and oxygen atoms in total. The maximum absolute atomic E-state index is 14.3. The van der Waals surface area contributed by atoms with Crippen molar-refractivity contribution < 1.29 is 43.3 Å². The summed E-state index contributed by atoms with van der Waals surface area (Å²) >= 11 is 8.35. The summed E-state index contributed by atoms with van der Waals surface area (Å²) in [5, 5.41) is 26.3. The number of benzene rings is 2. The van der Waals surface area contributed by atoms with Crippen LogP contribution >= 0.6 is 23.4 Å². The van der Waals surface area contributed by atoms with E-state index in [0.29, 0.717) is 98.7 Å². The molecule has 0 radical (unpaired) electrons. The minimum absolute atomic E-state index is 0.00530. The van der Waals surface area contributed by atoms with E-state index in [9.17, 15) is 33.9 Å². The SMILES string of the molecule is CCC[C@H](C(=O)O)c1c(-c2ccc(C)cc2)c2cc(Cl)ccc2n(CCNC(=O)CCC(=O)NCCCOCCOCCOCCCNC(=O)CCCCC2SC[C@H]3NC(=O)N[C@@H]23)c1=O.